The molecular weight excluding hydrogens is 76.1 g/mol. The number of hydrogen-bond acceptors (Lipinski definition) is 2. The quantitative estimate of drug-likeness (QED) is 0.429. The summed E-state index contributed by atoms with van der Waals surface area (Å²) in [5.74, 6) is 0. The zero-order valence-corrected chi connectivity index (χ0v) is 3.31. The van der Waals surface area contributed by atoms with E-state index >= 15 is 0 Å². The lowest BCUT2D eigenvalue weighted by Gasteiger charge is -2.03. The van der Waals surface area contributed by atoms with Gasteiger partial charge in [0.05, 0.1) is 6.54 Å². The van der Waals surface area contributed by atoms with Crippen molar-refractivity contribution in [2.75, 3.05) is 0 Å². The second-order valence-electron chi connectivity index (χ2n) is 1.01. The van der Waals surface area contributed by atoms with Crippen molar-refractivity contribution in [3.8, 4) is 0 Å². The highest BCUT2D eigenvalue weighted by atomic mass is 15.3. The fourth-order valence-electron chi connectivity index (χ4n) is 0.304. The highest BCUT2D eigenvalue weighted by Crippen LogP contribution is 1.83. The maximum atomic E-state index is 2.77. The molecule has 1 aliphatic heterocycles. The molecule has 0 unspecified atom stereocenters. The molecule has 2 radical (unpaired) electrons. The average Bonchev–Trinajstić information content (AvgIpc) is 1.72. The molecule has 0 aromatic heterocycles. The standard InChI is InChI=1S/C4H6N2/c1-2-4-6-5-3-1/h1-6H. The Kier molecular flexibility index (Phi) is 1.12. The molecule has 0 amide bonds. The molecule has 0 aromatic rings. The minimum Gasteiger partial charge on any atom is -0.329 e. The van der Waals surface area contributed by atoms with Gasteiger partial charge in [0.1, 0.15) is 0 Å². The third-order valence-corrected chi connectivity index (χ3v) is 0.554. The lowest BCUT2D eigenvalue weighted by molar-refractivity contribution is 0.715. The third kappa shape index (κ3) is 0.723. The summed E-state index contributed by atoms with van der Waals surface area (Å²) in [7, 11) is 0. The van der Waals surface area contributed by atoms with Crippen LogP contribution in [-0.2, 0) is 0 Å². The van der Waals surface area contributed by atoms with Crippen LogP contribution in [0.4, 0.5) is 0 Å². The normalized spacial score (nSPS) is 20.0. The van der Waals surface area contributed by atoms with Gasteiger partial charge in [0.25, 0.3) is 0 Å². The van der Waals surface area contributed by atoms with E-state index in [9.17, 15) is 0 Å². The molecule has 0 spiro atoms. The summed E-state index contributed by atoms with van der Waals surface area (Å²) in [6.45, 7) is 1.82. The molecule has 0 aromatic carbocycles. The van der Waals surface area contributed by atoms with E-state index in [1.165, 1.54) is 0 Å². The van der Waals surface area contributed by atoms with Crippen LogP contribution in [0.5, 0.6) is 0 Å². The van der Waals surface area contributed by atoms with Crippen LogP contribution in [0.3, 0.4) is 0 Å². The first-order valence-corrected chi connectivity index (χ1v) is 1.83. The Morgan fingerprint density at radius 1 is 1.17 bits per heavy atom. The molecule has 0 aliphatic carbocycles. The Labute approximate surface area is 37.2 Å². The maximum Gasteiger partial charge on any atom is 0.0507 e. The van der Waals surface area contributed by atoms with Gasteiger partial charge in [0.2, 0.25) is 0 Å². The monoisotopic (exact) mass is 82.1 g/mol. The Hall–Kier alpha value is -0.500. The fraction of sp³-hybridized carbons (Fsp3) is 0. The average molecular weight is 82.1 g/mol. The minimum atomic E-state index is 1.82. The summed E-state index contributed by atoms with van der Waals surface area (Å²) in [6, 6.07) is 0. The van der Waals surface area contributed by atoms with Crippen molar-refractivity contribution in [1.29, 1.82) is 0 Å². The molecule has 2 nitrogen and oxygen atoms in total. The number of hydrogen-bond donors (Lipinski definition) is 2. The summed E-state index contributed by atoms with van der Waals surface area (Å²) in [5, 5.41) is 0. The Balaban J connectivity index is 2.26. The van der Waals surface area contributed by atoms with Gasteiger partial charge in [-0.2, -0.15) is 0 Å². The fourth-order valence-corrected chi connectivity index (χ4v) is 0.304. The summed E-state index contributed by atoms with van der Waals surface area (Å²) in [6.07, 6.45) is 5.65. The van der Waals surface area contributed by atoms with Crippen LogP contribution in [0.25, 0.3) is 0 Å². The van der Waals surface area contributed by atoms with Crippen molar-refractivity contribution < 1.29 is 0 Å². The van der Waals surface area contributed by atoms with Crippen LogP contribution in [0, 0.1) is 13.0 Å². The van der Waals surface area contributed by atoms with Gasteiger partial charge in [0.15, 0.2) is 0 Å². The minimum absolute atomic E-state index is 1.82. The van der Waals surface area contributed by atoms with Crippen molar-refractivity contribution in [3.05, 3.63) is 25.2 Å². The van der Waals surface area contributed by atoms with Gasteiger partial charge in [-0.05, 0) is 0 Å². The van der Waals surface area contributed by atoms with Crippen molar-refractivity contribution >= 4 is 0 Å². The summed E-state index contributed by atoms with van der Waals surface area (Å²) < 4.78 is 0. The maximum absolute atomic E-state index is 2.77. The highest BCUT2D eigenvalue weighted by molar-refractivity contribution is 5.03. The predicted octanol–water partition coefficient (Wildman–Crippen LogP) is -0.0260. The van der Waals surface area contributed by atoms with Gasteiger partial charge >= 0.3 is 0 Å². The molecule has 32 valence electrons. The Morgan fingerprint density at radius 2 is 2.17 bits per heavy atom. The molecular formula is C4H6N2. The van der Waals surface area contributed by atoms with E-state index in [0.717, 1.165) is 0 Å². The number of rotatable bonds is 0. The van der Waals surface area contributed by atoms with E-state index in [0.29, 0.717) is 0 Å². The first-order chi connectivity index (χ1) is 3.00. The van der Waals surface area contributed by atoms with Gasteiger partial charge in [-0.1, -0.05) is 6.08 Å². The van der Waals surface area contributed by atoms with Crippen LogP contribution in [0.15, 0.2) is 12.3 Å². The predicted molar refractivity (Wildman–Crippen MR) is 24.0 cm³/mol. The lowest BCUT2D eigenvalue weighted by atomic mass is 10.4. The van der Waals surface area contributed by atoms with Crippen molar-refractivity contribution in [3.63, 3.8) is 0 Å². The molecule has 1 heterocycles. The first-order valence-electron chi connectivity index (χ1n) is 1.83. The molecule has 0 fully saturated rings. The van der Waals surface area contributed by atoms with Gasteiger partial charge in [-0.15, -0.1) is 0 Å². The second-order valence-corrected chi connectivity index (χ2v) is 1.01. The second kappa shape index (κ2) is 1.82. The number of hydrazine groups is 1. The molecule has 0 saturated heterocycles. The largest absolute Gasteiger partial charge is 0.329 e. The SMILES string of the molecule is [CH]1[CH]NNC=C1. The van der Waals surface area contributed by atoms with Gasteiger partial charge in [-0.25, -0.2) is 5.43 Å². The van der Waals surface area contributed by atoms with Crippen LogP contribution >= 0.6 is 0 Å². The molecule has 0 bridgehead atoms. The molecule has 0 atom stereocenters. The smallest absolute Gasteiger partial charge is 0.0507 e. The van der Waals surface area contributed by atoms with Gasteiger partial charge in [-0.3, -0.25) is 0 Å². The van der Waals surface area contributed by atoms with E-state index in [4.69, 9.17) is 0 Å². The zero-order chi connectivity index (χ0) is 4.24. The zero-order valence-electron chi connectivity index (χ0n) is 3.31. The van der Waals surface area contributed by atoms with E-state index in [1.54, 1.807) is 0 Å². The molecule has 6 heavy (non-hydrogen) atoms. The topological polar surface area (TPSA) is 24.1 Å². The summed E-state index contributed by atoms with van der Waals surface area (Å²) in [5.41, 5.74) is 5.53. The van der Waals surface area contributed by atoms with Crippen LogP contribution in [-0.4, -0.2) is 0 Å². The molecule has 2 N–H and O–H groups in total. The van der Waals surface area contributed by atoms with Gasteiger partial charge in [0, 0.05) is 12.6 Å². The third-order valence-electron chi connectivity index (χ3n) is 0.554. The number of nitrogens with one attached hydrogen (secondary N) is 2. The molecule has 1 aliphatic rings. The molecule has 0 saturated carbocycles. The Bertz CT molecular complexity index is 50.6. The summed E-state index contributed by atoms with van der Waals surface area (Å²) >= 11 is 0. The molecule has 1 rings (SSSR count). The van der Waals surface area contributed by atoms with Crippen molar-refractivity contribution in [2.24, 2.45) is 0 Å². The Morgan fingerprint density at radius 3 is 2.33 bits per heavy atom. The molecule has 2 heteroatoms. The van der Waals surface area contributed by atoms with E-state index in [-0.39, 0.29) is 0 Å². The van der Waals surface area contributed by atoms with Crippen molar-refractivity contribution in [2.45, 2.75) is 0 Å². The van der Waals surface area contributed by atoms with Crippen LogP contribution < -0.4 is 10.9 Å². The van der Waals surface area contributed by atoms with Crippen molar-refractivity contribution in [1.82, 2.24) is 10.9 Å². The highest BCUT2D eigenvalue weighted by Gasteiger charge is 1.84. The van der Waals surface area contributed by atoms with Crippen LogP contribution in [0.1, 0.15) is 0 Å². The van der Waals surface area contributed by atoms with E-state index in [1.807, 2.05) is 25.2 Å². The van der Waals surface area contributed by atoms with Crippen LogP contribution in [0.2, 0.25) is 0 Å². The summed E-state index contributed by atoms with van der Waals surface area (Å²) in [4.78, 5) is 0. The lowest BCUT2D eigenvalue weighted by Crippen LogP contribution is -2.26. The van der Waals surface area contributed by atoms with E-state index < -0.39 is 0 Å². The first kappa shape index (κ1) is 3.68. The van der Waals surface area contributed by atoms with Gasteiger partial charge < -0.3 is 5.43 Å². The van der Waals surface area contributed by atoms with E-state index in [2.05, 4.69) is 10.9 Å².